The number of nitro benzene ring substituents is 1. The van der Waals surface area contributed by atoms with E-state index in [-0.39, 0.29) is 5.69 Å². The van der Waals surface area contributed by atoms with Crippen molar-refractivity contribution in [2.75, 3.05) is 0 Å². The predicted molar refractivity (Wildman–Crippen MR) is 91.4 cm³/mol. The first-order valence-corrected chi connectivity index (χ1v) is 8.21. The van der Waals surface area contributed by atoms with Crippen LogP contribution in [0.3, 0.4) is 0 Å². The lowest BCUT2D eigenvalue weighted by Crippen LogP contribution is -1.89. The number of benzene rings is 1. The van der Waals surface area contributed by atoms with Gasteiger partial charge in [0.1, 0.15) is 5.01 Å². The van der Waals surface area contributed by atoms with E-state index in [2.05, 4.69) is 23.0 Å². The summed E-state index contributed by atoms with van der Waals surface area (Å²) < 4.78 is 0. The molecular weight excluding hydrogens is 310 g/mol. The van der Waals surface area contributed by atoms with Gasteiger partial charge in [-0.2, -0.15) is 0 Å². The Morgan fingerprint density at radius 2 is 1.96 bits per heavy atom. The van der Waals surface area contributed by atoms with Crippen LogP contribution in [0.4, 0.5) is 5.69 Å². The van der Waals surface area contributed by atoms with Gasteiger partial charge < -0.3 is 0 Å². The summed E-state index contributed by atoms with van der Waals surface area (Å²) in [6, 6.07) is 10.5. The third-order valence-electron chi connectivity index (χ3n) is 3.45. The van der Waals surface area contributed by atoms with E-state index in [9.17, 15) is 10.1 Å². The van der Waals surface area contributed by atoms with Crippen molar-refractivity contribution in [1.82, 2.24) is 9.97 Å². The maximum atomic E-state index is 10.7. The molecule has 5 nitrogen and oxygen atoms in total. The Morgan fingerprint density at radius 1 is 1.17 bits per heavy atom. The molecule has 0 fully saturated rings. The molecule has 0 saturated carbocycles. The number of rotatable bonds is 5. The lowest BCUT2D eigenvalue weighted by atomic mass is 10.1. The largest absolute Gasteiger partial charge is 0.269 e. The van der Waals surface area contributed by atoms with Crippen LogP contribution in [0, 0.1) is 10.1 Å². The zero-order chi connectivity index (χ0) is 16.2. The van der Waals surface area contributed by atoms with Gasteiger partial charge in [-0.15, -0.1) is 11.3 Å². The summed E-state index contributed by atoms with van der Waals surface area (Å²) in [7, 11) is 0. The quantitative estimate of drug-likeness (QED) is 0.502. The molecule has 0 aliphatic rings. The Hall–Kier alpha value is -2.60. The normalized spacial score (nSPS) is 10.7. The minimum atomic E-state index is -0.400. The minimum Gasteiger partial charge on any atom is -0.261 e. The Morgan fingerprint density at radius 3 is 2.65 bits per heavy atom. The smallest absolute Gasteiger partial charge is 0.261 e. The van der Waals surface area contributed by atoms with E-state index in [0.717, 1.165) is 40.4 Å². The van der Waals surface area contributed by atoms with Gasteiger partial charge in [0.25, 0.3) is 5.69 Å². The highest BCUT2D eigenvalue weighted by molar-refractivity contribution is 7.13. The molecular formula is C17H15N3O2S. The molecule has 23 heavy (non-hydrogen) atoms. The summed E-state index contributed by atoms with van der Waals surface area (Å²) in [5.41, 5.74) is 3.91. The number of nitro groups is 1. The fraction of sp³-hybridized carbons (Fsp3) is 0.176. The van der Waals surface area contributed by atoms with Gasteiger partial charge >= 0.3 is 0 Å². The second kappa shape index (κ2) is 6.66. The minimum absolute atomic E-state index is 0.0857. The Kier molecular flexibility index (Phi) is 4.43. The number of non-ortho nitro benzene ring substituents is 1. The van der Waals surface area contributed by atoms with Crippen molar-refractivity contribution in [3.05, 3.63) is 63.8 Å². The van der Waals surface area contributed by atoms with Gasteiger partial charge in [0.2, 0.25) is 0 Å². The van der Waals surface area contributed by atoms with Crippen molar-refractivity contribution in [2.24, 2.45) is 0 Å². The van der Waals surface area contributed by atoms with Crippen molar-refractivity contribution >= 4 is 17.0 Å². The molecule has 0 unspecified atom stereocenters. The predicted octanol–water partition coefficient (Wildman–Crippen LogP) is 4.73. The van der Waals surface area contributed by atoms with Crippen LogP contribution in [0.2, 0.25) is 0 Å². The van der Waals surface area contributed by atoms with Crippen molar-refractivity contribution < 1.29 is 4.92 Å². The molecule has 0 spiro atoms. The second-order valence-corrected chi connectivity index (χ2v) is 5.99. The first-order chi connectivity index (χ1) is 11.2. The van der Waals surface area contributed by atoms with Gasteiger partial charge in [-0.25, -0.2) is 4.98 Å². The first kappa shape index (κ1) is 15.3. The third kappa shape index (κ3) is 3.43. The lowest BCUT2D eigenvalue weighted by Gasteiger charge is -2.00. The van der Waals surface area contributed by atoms with Crippen LogP contribution in [0.1, 0.15) is 19.0 Å². The highest BCUT2D eigenvalue weighted by Crippen LogP contribution is 2.29. The van der Waals surface area contributed by atoms with Crippen LogP contribution >= 0.6 is 11.3 Å². The van der Waals surface area contributed by atoms with Crippen molar-refractivity contribution in [2.45, 2.75) is 19.8 Å². The monoisotopic (exact) mass is 325 g/mol. The molecule has 3 aromatic rings. The highest BCUT2D eigenvalue weighted by atomic mass is 32.1. The first-order valence-electron chi connectivity index (χ1n) is 7.33. The summed E-state index contributed by atoms with van der Waals surface area (Å²) in [5, 5.41) is 13.6. The average Bonchev–Trinajstić information content (AvgIpc) is 3.05. The number of hydrogen-bond donors (Lipinski definition) is 0. The maximum Gasteiger partial charge on any atom is 0.269 e. The molecule has 116 valence electrons. The highest BCUT2D eigenvalue weighted by Gasteiger charge is 2.10. The van der Waals surface area contributed by atoms with E-state index < -0.39 is 4.92 Å². The van der Waals surface area contributed by atoms with Crippen LogP contribution in [0.25, 0.3) is 21.8 Å². The van der Waals surface area contributed by atoms with Gasteiger partial charge in [-0.3, -0.25) is 15.1 Å². The molecule has 0 amide bonds. The second-order valence-electron chi connectivity index (χ2n) is 5.13. The van der Waals surface area contributed by atoms with E-state index >= 15 is 0 Å². The summed E-state index contributed by atoms with van der Waals surface area (Å²) in [5.74, 6) is 0. The Bertz CT molecular complexity index is 828. The molecule has 3 rings (SSSR count). The summed E-state index contributed by atoms with van der Waals surface area (Å²) in [6.07, 6.45) is 3.82. The number of aromatic nitrogens is 2. The number of pyridine rings is 1. The molecule has 2 heterocycles. The summed E-state index contributed by atoms with van der Waals surface area (Å²) in [4.78, 5) is 19.3. The SMILES string of the molecule is CCCc1cc(-c2nc(-c3ccc([N+](=O)[O-])cc3)cs2)ccn1. The van der Waals surface area contributed by atoms with Crippen LogP contribution < -0.4 is 0 Å². The van der Waals surface area contributed by atoms with E-state index in [1.165, 1.54) is 12.1 Å². The molecule has 0 atom stereocenters. The molecule has 0 aliphatic carbocycles. The number of nitrogens with zero attached hydrogens (tertiary/aromatic N) is 3. The molecule has 0 aliphatic heterocycles. The third-order valence-corrected chi connectivity index (χ3v) is 4.34. The fourth-order valence-electron chi connectivity index (χ4n) is 2.30. The fourth-order valence-corrected chi connectivity index (χ4v) is 3.12. The van der Waals surface area contributed by atoms with E-state index in [1.54, 1.807) is 23.5 Å². The molecule has 6 heteroatoms. The molecule has 0 N–H and O–H groups in total. The molecule has 2 aromatic heterocycles. The van der Waals surface area contributed by atoms with Gasteiger partial charge in [-0.05, 0) is 30.7 Å². The van der Waals surface area contributed by atoms with E-state index in [4.69, 9.17) is 0 Å². The van der Waals surface area contributed by atoms with E-state index in [1.807, 2.05) is 17.6 Å². The van der Waals surface area contributed by atoms with Crippen molar-refractivity contribution in [3.8, 4) is 21.8 Å². The average molecular weight is 325 g/mol. The van der Waals surface area contributed by atoms with Gasteiger partial charge in [0.15, 0.2) is 0 Å². The molecule has 0 bridgehead atoms. The lowest BCUT2D eigenvalue weighted by molar-refractivity contribution is -0.384. The standard InChI is InChI=1S/C17H15N3O2S/c1-2-3-14-10-13(8-9-18-14)17-19-16(11-23-17)12-4-6-15(7-5-12)20(21)22/h4-11H,2-3H2,1H3. The van der Waals surface area contributed by atoms with Gasteiger partial charge in [0.05, 0.1) is 10.6 Å². The van der Waals surface area contributed by atoms with Crippen molar-refractivity contribution in [1.29, 1.82) is 0 Å². The van der Waals surface area contributed by atoms with Crippen molar-refractivity contribution in [3.63, 3.8) is 0 Å². The van der Waals surface area contributed by atoms with Crippen LogP contribution in [-0.2, 0) is 6.42 Å². The Balaban J connectivity index is 1.88. The number of hydrogen-bond acceptors (Lipinski definition) is 5. The summed E-state index contributed by atoms with van der Waals surface area (Å²) in [6.45, 7) is 2.13. The van der Waals surface area contributed by atoms with Crippen LogP contribution in [0.15, 0.2) is 48.0 Å². The zero-order valence-corrected chi connectivity index (χ0v) is 13.4. The summed E-state index contributed by atoms with van der Waals surface area (Å²) >= 11 is 1.56. The van der Waals surface area contributed by atoms with Gasteiger partial charge in [-0.1, -0.05) is 13.3 Å². The van der Waals surface area contributed by atoms with Crippen LogP contribution in [-0.4, -0.2) is 14.9 Å². The molecule has 0 radical (unpaired) electrons. The topological polar surface area (TPSA) is 68.9 Å². The number of aryl methyl sites for hydroxylation is 1. The zero-order valence-electron chi connectivity index (χ0n) is 12.6. The van der Waals surface area contributed by atoms with E-state index in [0.29, 0.717) is 0 Å². The molecule has 0 saturated heterocycles. The van der Waals surface area contributed by atoms with Crippen LogP contribution in [0.5, 0.6) is 0 Å². The Labute approximate surface area is 137 Å². The number of thiazole rings is 1. The maximum absolute atomic E-state index is 10.7. The van der Waals surface area contributed by atoms with Gasteiger partial charge in [0, 0.05) is 40.5 Å². The molecule has 1 aromatic carbocycles.